The number of hydrogen-bond donors (Lipinski definition) is 0. The normalized spacial score (nSPS) is 10.1. The molecule has 0 spiro atoms. The van der Waals surface area contributed by atoms with Crippen LogP contribution in [0.4, 0.5) is 5.69 Å². The van der Waals surface area contributed by atoms with Gasteiger partial charge in [-0.05, 0) is 6.07 Å². The van der Waals surface area contributed by atoms with E-state index < -0.39 is 4.92 Å². The first kappa shape index (κ1) is 12.5. The van der Waals surface area contributed by atoms with Crippen molar-refractivity contribution in [3.63, 3.8) is 0 Å². The topological polar surface area (TPSA) is 87.4 Å². The first-order valence-corrected chi connectivity index (χ1v) is 5.71. The van der Waals surface area contributed by atoms with Gasteiger partial charge in [-0.1, -0.05) is 11.6 Å². The first-order chi connectivity index (χ1) is 8.61. The van der Waals surface area contributed by atoms with Gasteiger partial charge in [-0.3, -0.25) is 10.1 Å². The van der Waals surface area contributed by atoms with E-state index in [9.17, 15) is 10.1 Å². The van der Waals surface area contributed by atoms with Crippen molar-refractivity contribution in [2.45, 2.75) is 0 Å². The van der Waals surface area contributed by atoms with Crippen molar-refractivity contribution in [3.8, 4) is 17.4 Å². The van der Waals surface area contributed by atoms with E-state index in [-0.39, 0.29) is 22.5 Å². The van der Waals surface area contributed by atoms with Gasteiger partial charge >= 0.3 is 0 Å². The molecule has 0 amide bonds. The van der Waals surface area contributed by atoms with Crippen LogP contribution in [-0.2, 0) is 0 Å². The second kappa shape index (κ2) is 5.15. The number of rotatable bonds is 4. The highest BCUT2D eigenvalue weighted by Gasteiger charge is 2.16. The molecule has 18 heavy (non-hydrogen) atoms. The molecule has 1 heterocycles. The second-order valence-electron chi connectivity index (χ2n) is 3.05. The van der Waals surface area contributed by atoms with Crippen LogP contribution in [0.2, 0.25) is 5.15 Å². The Morgan fingerprint density at radius 3 is 2.72 bits per heavy atom. The number of benzene rings is 1. The van der Waals surface area contributed by atoms with Crippen molar-refractivity contribution >= 4 is 29.0 Å². The van der Waals surface area contributed by atoms with Gasteiger partial charge in [0.15, 0.2) is 11.5 Å². The standard InChI is InChI=1S/C9H6ClN3O4S/c1-16-6-3-2-5(13(14)15)4-7(6)17-9-8(10)11-18-12-9/h2-4H,1H3. The molecule has 0 N–H and O–H groups in total. The average molecular weight is 288 g/mol. The van der Waals surface area contributed by atoms with E-state index >= 15 is 0 Å². The Bertz CT molecular complexity index is 589. The van der Waals surface area contributed by atoms with E-state index in [0.717, 1.165) is 11.7 Å². The Hall–Kier alpha value is -1.93. The van der Waals surface area contributed by atoms with Gasteiger partial charge in [0.05, 0.1) is 29.8 Å². The van der Waals surface area contributed by atoms with E-state index in [0.29, 0.717) is 5.75 Å². The van der Waals surface area contributed by atoms with Gasteiger partial charge in [-0.25, -0.2) is 0 Å². The third-order valence-electron chi connectivity index (χ3n) is 1.99. The van der Waals surface area contributed by atoms with E-state index in [4.69, 9.17) is 21.1 Å². The molecular weight excluding hydrogens is 282 g/mol. The molecule has 0 fully saturated rings. The molecule has 2 rings (SSSR count). The maximum absolute atomic E-state index is 10.7. The number of non-ortho nitro benzene ring substituents is 1. The predicted molar refractivity (Wildman–Crippen MR) is 64.6 cm³/mol. The molecule has 1 aromatic carbocycles. The summed E-state index contributed by atoms with van der Waals surface area (Å²) in [7, 11) is 1.43. The molecular formula is C9H6ClN3O4S. The van der Waals surface area contributed by atoms with E-state index in [1.807, 2.05) is 0 Å². The lowest BCUT2D eigenvalue weighted by atomic mass is 10.3. The van der Waals surface area contributed by atoms with Crippen LogP contribution >= 0.6 is 23.3 Å². The van der Waals surface area contributed by atoms with Gasteiger partial charge in [-0.2, -0.15) is 4.37 Å². The number of nitro groups is 1. The summed E-state index contributed by atoms with van der Waals surface area (Å²) in [5.74, 6) is 0.575. The van der Waals surface area contributed by atoms with E-state index in [1.165, 1.54) is 25.3 Å². The van der Waals surface area contributed by atoms with Gasteiger partial charge in [0, 0.05) is 6.07 Å². The third-order valence-corrected chi connectivity index (χ3v) is 2.84. The van der Waals surface area contributed by atoms with Crippen molar-refractivity contribution in [3.05, 3.63) is 33.5 Å². The van der Waals surface area contributed by atoms with E-state index in [1.54, 1.807) is 0 Å². The highest BCUT2D eigenvalue weighted by atomic mass is 35.5. The van der Waals surface area contributed by atoms with Gasteiger partial charge in [0.2, 0.25) is 5.15 Å². The molecule has 0 unspecified atom stereocenters. The zero-order chi connectivity index (χ0) is 13.1. The fourth-order valence-electron chi connectivity index (χ4n) is 1.19. The fourth-order valence-corrected chi connectivity index (χ4v) is 1.81. The zero-order valence-electron chi connectivity index (χ0n) is 8.99. The summed E-state index contributed by atoms with van der Waals surface area (Å²) < 4.78 is 17.9. The van der Waals surface area contributed by atoms with Gasteiger partial charge in [0.1, 0.15) is 0 Å². The van der Waals surface area contributed by atoms with Crippen molar-refractivity contribution in [1.29, 1.82) is 0 Å². The Morgan fingerprint density at radius 1 is 1.39 bits per heavy atom. The minimum atomic E-state index is -0.535. The summed E-state index contributed by atoms with van der Waals surface area (Å²) >= 11 is 6.60. The molecule has 0 radical (unpaired) electrons. The maximum atomic E-state index is 10.7. The number of nitrogens with zero attached hydrogens (tertiary/aromatic N) is 3. The molecule has 9 heteroatoms. The quantitative estimate of drug-likeness (QED) is 0.634. The van der Waals surface area contributed by atoms with Crippen LogP contribution in [0.25, 0.3) is 0 Å². The van der Waals surface area contributed by atoms with Crippen molar-refractivity contribution < 1.29 is 14.4 Å². The van der Waals surface area contributed by atoms with Gasteiger partial charge in [0.25, 0.3) is 11.6 Å². The average Bonchev–Trinajstić information content (AvgIpc) is 2.75. The number of halogens is 1. The predicted octanol–water partition coefficient (Wildman–Crippen LogP) is 2.90. The number of aromatic nitrogens is 2. The molecule has 2 aromatic rings. The minimum absolute atomic E-state index is 0.0838. The maximum Gasteiger partial charge on any atom is 0.273 e. The molecule has 0 atom stereocenters. The summed E-state index contributed by atoms with van der Waals surface area (Å²) in [5, 5.41) is 10.8. The van der Waals surface area contributed by atoms with Crippen LogP contribution in [-0.4, -0.2) is 20.8 Å². The summed E-state index contributed by atoms with van der Waals surface area (Å²) in [5.41, 5.74) is -0.120. The second-order valence-corrected chi connectivity index (χ2v) is 3.94. The monoisotopic (exact) mass is 287 g/mol. The molecule has 0 aliphatic carbocycles. The summed E-state index contributed by atoms with van der Waals surface area (Å²) in [6.07, 6.45) is 0. The molecule has 0 aliphatic heterocycles. The van der Waals surface area contributed by atoms with Crippen LogP contribution < -0.4 is 9.47 Å². The van der Waals surface area contributed by atoms with Crippen LogP contribution in [0, 0.1) is 10.1 Å². The Labute approximate surface area is 110 Å². The fraction of sp³-hybridized carbons (Fsp3) is 0.111. The Kier molecular flexibility index (Phi) is 3.58. The summed E-state index contributed by atoms with van der Waals surface area (Å²) in [4.78, 5) is 10.1. The number of ether oxygens (including phenoxy) is 2. The molecule has 1 aromatic heterocycles. The van der Waals surface area contributed by atoms with Crippen LogP contribution in [0.1, 0.15) is 0 Å². The van der Waals surface area contributed by atoms with Crippen molar-refractivity contribution in [2.24, 2.45) is 0 Å². The molecule has 0 bridgehead atoms. The van der Waals surface area contributed by atoms with Crippen molar-refractivity contribution in [2.75, 3.05) is 7.11 Å². The molecule has 0 saturated heterocycles. The van der Waals surface area contributed by atoms with Crippen LogP contribution in [0.5, 0.6) is 17.4 Å². The molecule has 0 saturated carbocycles. The van der Waals surface area contributed by atoms with Crippen LogP contribution in [0.3, 0.4) is 0 Å². The SMILES string of the molecule is COc1ccc([N+](=O)[O-])cc1Oc1nsnc1Cl. The highest BCUT2D eigenvalue weighted by Crippen LogP contribution is 2.36. The Morgan fingerprint density at radius 2 is 2.17 bits per heavy atom. The number of hydrogen-bond acceptors (Lipinski definition) is 7. The zero-order valence-corrected chi connectivity index (χ0v) is 10.6. The lowest BCUT2D eigenvalue weighted by Crippen LogP contribution is -1.94. The molecule has 94 valence electrons. The lowest BCUT2D eigenvalue weighted by Gasteiger charge is -2.07. The minimum Gasteiger partial charge on any atom is -0.493 e. The lowest BCUT2D eigenvalue weighted by molar-refractivity contribution is -0.384. The summed E-state index contributed by atoms with van der Waals surface area (Å²) in [6, 6.07) is 3.97. The van der Waals surface area contributed by atoms with Gasteiger partial charge in [-0.15, -0.1) is 4.37 Å². The third kappa shape index (κ3) is 2.49. The molecule has 7 nitrogen and oxygen atoms in total. The highest BCUT2D eigenvalue weighted by molar-refractivity contribution is 6.99. The van der Waals surface area contributed by atoms with Crippen molar-refractivity contribution in [1.82, 2.24) is 8.75 Å². The first-order valence-electron chi connectivity index (χ1n) is 4.60. The molecule has 0 aliphatic rings. The van der Waals surface area contributed by atoms with Crippen LogP contribution in [0.15, 0.2) is 18.2 Å². The number of methoxy groups -OCH3 is 1. The number of nitro benzene ring substituents is 1. The smallest absolute Gasteiger partial charge is 0.273 e. The largest absolute Gasteiger partial charge is 0.493 e. The Balaban J connectivity index is 2.38. The summed E-state index contributed by atoms with van der Waals surface area (Å²) in [6.45, 7) is 0. The van der Waals surface area contributed by atoms with E-state index in [2.05, 4.69) is 8.75 Å². The van der Waals surface area contributed by atoms with Gasteiger partial charge < -0.3 is 9.47 Å².